The van der Waals surface area contributed by atoms with Crippen LogP contribution in [0.1, 0.15) is 21.5 Å². The van der Waals surface area contributed by atoms with Crippen LogP contribution in [0, 0.1) is 3.57 Å². The summed E-state index contributed by atoms with van der Waals surface area (Å²) < 4.78 is 17.2. The van der Waals surface area contributed by atoms with E-state index in [0.717, 1.165) is 9.13 Å². The van der Waals surface area contributed by atoms with Crippen molar-refractivity contribution in [1.29, 1.82) is 0 Å². The Balaban J connectivity index is 1.69. The summed E-state index contributed by atoms with van der Waals surface area (Å²) >= 11 is 8.07. The summed E-state index contributed by atoms with van der Waals surface area (Å²) in [5.74, 6) is 0.836. The molecule has 3 rings (SSSR count). The molecule has 3 aromatic carbocycles. The van der Waals surface area contributed by atoms with Crippen molar-refractivity contribution in [3.8, 4) is 23.0 Å². The Hall–Kier alpha value is -2.98. The minimum absolute atomic E-state index is 0.0843. The van der Waals surface area contributed by atoms with Crippen molar-refractivity contribution in [3.63, 3.8) is 0 Å². The van der Waals surface area contributed by atoms with Gasteiger partial charge < -0.3 is 19.3 Å². The Morgan fingerprint density at radius 1 is 1.12 bits per heavy atom. The molecular weight excluding hydrogens is 547 g/mol. The molecule has 0 fully saturated rings. The Labute approximate surface area is 204 Å². The lowest BCUT2D eigenvalue weighted by Gasteiger charge is -2.13. The molecule has 0 heterocycles. The number of benzene rings is 3. The summed E-state index contributed by atoms with van der Waals surface area (Å²) in [7, 11) is 3.03. The van der Waals surface area contributed by atoms with Crippen molar-refractivity contribution in [2.24, 2.45) is 5.10 Å². The maximum atomic E-state index is 12.3. The average Bonchev–Trinajstić information content (AvgIpc) is 2.78. The number of rotatable bonds is 8. The fraction of sp³-hybridized carbons (Fsp3) is 0.130. The summed E-state index contributed by atoms with van der Waals surface area (Å²) in [4.78, 5) is 12.3. The van der Waals surface area contributed by atoms with Crippen molar-refractivity contribution >= 4 is 46.3 Å². The molecular formula is C23H20ClIN2O5. The second-order valence-corrected chi connectivity index (χ2v) is 8.13. The molecule has 32 heavy (non-hydrogen) atoms. The SMILES string of the molecule is COc1ccc(C(=O)N/N=C\c2cc(I)c(OCc3ccc(Cl)cc3)c(OC)c2)c(O)c1. The maximum Gasteiger partial charge on any atom is 0.275 e. The number of phenols is 1. The van der Waals surface area contributed by atoms with Gasteiger partial charge in [-0.2, -0.15) is 5.10 Å². The average molecular weight is 567 g/mol. The van der Waals surface area contributed by atoms with Crippen LogP contribution in [0.15, 0.2) is 59.7 Å². The molecule has 0 spiro atoms. The van der Waals surface area contributed by atoms with Gasteiger partial charge in [-0.05, 0) is 70.1 Å². The molecule has 0 aliphatic rings. The van der Waals surface area contributed by atoms with Gasteiger partial charge in [0.05, 0.1) is 29.6 Å². The molecule has 1 amide bonds. The monoisotopic (exact) mass is 566 g/mol. The van der Waals surface area contributed by atoms with Gasteiger partial charge in [-0.15, -0.1) is 0 Å². The van der Waals surface area contributed by atoms with Crippen LogP contribution in [0.3, 0.4) is 0 Å². The van der Waals surface area contributed by atoms with Gasteiger partial charge in [0, 0.05) is 11.1 Å². The van der Waals surface area contributed by atoms with E-state index in [9.17, 15) is 9.90 Å². The number of hydrogen-bond donors (Lipinski definition) is 2. The van der Waals surface area contributed by atoms with E-state index >= 15 is 0 Å². The van der Waals surface area contributed by atoms with Gasteiger partial charge in [0.2, 0.25) is 0 Å². The molecule has 0 aliphatic carbocycles. The number of hydrazone groups is 1. The molecule has 166 valence electrons. The Kier molecular flexibility index (Phi) is 8.18. The number of phenolic OH excluding ortho intramolecular Hbond substituents is 1. The van der Waals surface area contributed by atoms with Gasteiger partial charge >= 0.3 is 0 Å². The molecule has 0 bridgehead atoms. The molecule has 0 atom stereocenters. The number of carbonyl (C=O) groups is 1. The van der Waals surface area contributed by atoms with Crippen molar-refractivity contribution in [2.45, 2.75) is 6.61 Å². The zero-order valence-electron chi connectivity index (χ0n) is 17.3. The predicted octanol–water partition coefficient (Wildman–Crippen LogP) is 5.01. The molecule has 2 N–H and O–H groups in total. The highest BCUT2D eigenvalue weighted by atomic mass is 127. The van der Waals surface area contributed by atoms with Crippen molar-refractivity contribution in [1.82, 2.24) is 5.43 Å². The third kappa shape index (κ3) is 6.04. The summed E-state index contributed by atoms with van der Waals surface area (Å²) in [6, 6.07) is 15.4. The number of amides is 1. The fourth-order valence-corrected chi connectivity index (χ4v) is 3.65. The van der Waals surface area contributed by atoms with E-state index in [1.165, 1.54) is 25.5 Å². The number of methoxy groups -OCH3 is 2. The van der Waals surface area contributed by atoms with Gasteiger partial charge in [-0.3, -0.25) is 4.79 Å². The minimum atomic E-state index is -0.550. The van der Waals surface area contributed by atoms with Crippen LogP contribution in [0.2, 0.25) is 5.02 Å². The quantitative estimate of drug-likeness (QED) is 0.227. The van der Waals surface area contributed by atoms with Crippen LogP contribution < -0.4 is 19.6 Å². The molecule has 0 unspecified atom stereocenters. The lowest BCUT2D eigenvalue weighted by atomic mass is 10.2. The normalized spacial score (nSPS) is 10.8. The van der Waals surface area contributed by atoms with E-state index in [0.29, 0.717) is 34.4 Å². The van der Waals surface area contributed by atoms with Crippen LogP contribution in [-0.2, 0) is 6.61 Å². The third-order valence-corrected chi connectivity index (χ3v) is 5.43. The zero-order valence-corrected chi connectivity index (χ0v) is 20.2. The maximum absolute atomic E-state index is 12.3. The summed E-state index contributed by atoms with van der Waals surface area (Å²) in [5.41, 5.74) is 4.15. The van der Waals surface area contributed by atoms with Crippen LogP contribution >= 0.6 is 34.2 Å². The van der Waals surface area contributed by atoms with Crippen LogP contribution in [0.5, 0.6) is 23.0 Å². The zero-order chi connectivity index (χ0) is 23.1. The van der Waals surface area contributed by atoms with E-state index in [4.69, 9.17) is 25.8 Å². The van der Waals surface area contributed by atoms with Gasteiger partial charge in [-0.1, -0.05) is 23.7 Å². The number of aromatic hydroxyl groups is 1. The second-order valence-electron chi connectivity index (χ2n) is 6.53. The van der Waals surface area contributed by atoms with E-state index in [2.05, 4.69) is 33.1 Å². The van der Waals surface area contributed by atoms with Crippen molar-refractivity contribution in [3.05, 3.63) is 79.9 Å². The molecule has 7 nitrogen and oxygen atoms in total. The first-order chi connectivity index (χ1) is 15.4. The highest BCUT2D eigenvalue weighted by molar-refractivity contribution is 14.1. The molecule has 0 saturated carbocycles. The van der Waals surface area contributed by atoms with Crippen LogP contribution in [0.4, 0.5) is 0 Å². The topological polar surface area (TPSA) is 89.4 Å². The first kappa shape index (κ1) is 23.7. The van der Waals surface area contributed by atoms with E-state index in [1.807, 2.05) is 30.3 Å². The van der Waals surface area contributed by atoms with Crippen molar-refractivity contribution in [2.75, 3.05) is 14.2 Å². The van der Waals surface area contributed by atoms with E-state index in [1.54, 1.807) is 19.2 Å². The van der Waals surface area contributed by atoms with Gasteiger partial charge in [0.25, 0.3) is 5.91 Å². The lowest BCUT2D eigenvalue weighted by molar-refractivity contribution is 0.0952. The first-order valence-corrected chi connectivity index (χ1v) is 10.8. The third-order valence-electron chi connectivity index (χ3n) is 4.38. The molecule has 9 heteroatoms. The Morgan fingerprint density at radius 3 is 2.53 bits per heavy atom. The first-order valence-electron chi connectivity index (χ1n) is 9.36. The molecule has 0 aliphatic heterocycles. The smallest absolute Gasteiger partial charge is 0.275 e. The Bertz CT molecular complexity index is 1140. The van der Waals surface area contributed by atoms with Gasteiger partial charge in [0.15, 0.2) is 11.5 Å². The Morgan fingerprint density at radius 2 is 1.88 bits per heavy atom. The number of nitrogens with zero attached hydrogens (tertiary/aromatic N) is 1. The summed E-state index contributed by atoms with van der Waals surface area (Å²) in [6.45, 7) is 0.360. The minimum Gasteiger partial charge on any atom is -0.507 e. The highest BCUT2D eigenvalue weighted by Crippen LogP contribution is 2.34. The number of nitrogens with one attached hydrogen (secondary N) is 1. The van der Waals surface area contributed by atoms with Gasteiger partial charge in [-0.25, -0.2) is 5.43 Å². The molecule has 0 saturated heterocycles. The number of halogens is 2. The molecule has 0 aromatic heterocycles. The molecule has 3 aromatic rings. The fourth-order valence-electron chi connectivity index (χ4n) is 2.75. The van der Waals surface area contributed by atoms with Gasteiger partial charge in [0.1, 0.15) is 18.1 Å². The van der Waals surface area contributed by atoms with Crippen LogP contribution in [-0.4, -0.2) is 31.4 Å². The largest absolute Gasteiger partial charge is 0.507 e. The highest BCUT2D eigenvalue weighted by Gasteiger charge is 2.13. The number of carbonyl (C=O) groups excluding carboxylic acids is 1. The number of ether oxygens (including phenoxy) is 3. The van der Waals surface area contributed by atoms with Crippen LogP contribution in [0.25, 0.3) is 0 Å². The second kappa shape index (κ2) is 11.1. The molecule has 0 radical (unpaired) electrons. The number of hydrogen-bond acceptors (Lipinski definition) is 6. The summed E-state index contributed by atoms with van der Waals surface area (Å²) in [6.07, 6.45) is 1.48. The standard InChI is InChI=1S/C23H20ClIN2O5/c1-30-17-7-8-18(20(28)11-17)23(29)27-26-12-15-9-19(25)22(21(10-15)31-2)32-13-14-3-5-16(24)6-4-14/h3-12,28H,13H2,1-2H3,(H,27,29)/b26-12-. The predicted molar refractivity (Wildman–Crippen MR) is 131 cm³/mol. The van der Waals surface area contributed by atoms with Crippen molar-refractivity contribution < 1.29 is 24.1 Å². The van der Waals surface area contributed by atoms with E-state index < -0.39 is 5.91 Å². The van der Waals surface area contributed by atoms with E-state index in [-0.39, 0.29) is 11.3 Å². The lowest BCUT2D eigenvalue weighted by Crippen LogP contribution is -2.17. The summed E-state index contributed by atoms with van der Waals surface area (Å²) in [5, 5.41) is 14.6.